The zero-order valence-electron chi connectivity index (χ0n) is 15.4. The van der Waals surface area contributed by atoms with Crippen LogP contribution in [-0.2, 0) is 4.74 Å². The Morgan fingerprint density at radius 2 is 2.12 bits per heavy atom. The highest BCUT2D eigenvalue weighted by Crippen LogP contribution is 2.33. The molecule has 1 aliphatic heterocycles. The maximum atomic E-state index is 13.5. The Hall–Kier alpha value is -1.88. The van der Waals surface area contributed by atoms with Gasteiger partial charge in [0.15, 0.2) is 0 Å². The average molecular weight is 346 g/mol. The number of halogens is 1. The zero-order valence-corrected chi connectivity index (χ0v) is 15.4. The van der Waals surface area contributed by atoms with E-state index >= 15 is 0 Å². The number of nitrogens with one attached hydrogen (secondary N) is 2. The van der Waals surface area contributed by atoms with Gasteiger partial charge in [0.1, 0.15) is 11.5 Å². The molecule has 5 heteroatoms. The molecular formula is C20H27FN2O2. The van der Waals surface area contributed by atoms with Crippen LogP contribution in [0.15, 0.2) is 18.2 Å². The van der Waals surface area contributed by atoms with Crippen molar-refractivity contribution >= 4 is 16.8 Å². The Kier molecular flexibility index (Phi) is 4.87. The largest absolute Gasteiger partial charge is 0.377 e. The Morgan fingerprint density at radius 1 is 1.36 bits per heavy atom. The fraction of sp³-hybridized carbons (Fsp3) is 0.550. The van der Waals surface area contributed by atoms with Crippen molar-refractivity contribution < 1.29 is 13.9 Å². The molecule has 2 atom stereocenters. The molecule has 1 fully saturated rings. The van der Waals surface area contributed by atoms with Gasteiger partial charge in [0.2, 0.25) is 0 Å². The summed E-state index contributed by atoms with van der Waals surface area (Å²) in [6.45, 7) is 9.74. The first-order chi connectivity index (χ1) is 11.8. The Morgan fingerprint density at radius 3 is 2.84 bits per heavy atom. The number of fused-ring (bicyclic) bond motifs is 1. The zero-order chi connectivity index (χ0) is 18.2. The first kappa shape index (κ1) is 17.9. The number of H-pyrrole nitrogens is 1. The monoisotopic (exact) mass is 346 g/mol. The van der Waals surface area contributed by atoms with Gasteiger partial charge in [-0.15, -0.1) is 0 Å². The molecule has 0 saturated carbocycles. The summed E-state index contributed by atoms with van der Waals surface area (Å²) in [5.74, 6) is -0.151. The summed E-state index contributed by atoms with van der Waals surface area (Å²) in [4.78, 5) is 15.6. The van der Waals surface area contributed by atoms with E-state index in [2.05, 4.69) is 31.1 Å². The molecule has 2 aromatic rings. The normalized spacial score (nSPS) is 21.5. The SMILES string of the molecule is Cc1cc(F)cc2[nH]c(C(=O)NC[C@@H]3CCCO[C@H]3C(C)(C)C)cc12. The van der Waals surface area contributed by atoms with Crippen molar-refractivity contribution in [2.75, 3.05) is 13.2 Å². The molecule has 136 valence electrons. The maximum absolute atomic E-state index is 13.5. The van der Waals surface area contributed by atoms with Gasteiger partial charge in [0.05, 0.1) is 6.10 Å². The van der Waals surface area contributed by atoms with Crippen LogP contribution in [-0.4, -0.2) is 30.1 Å². The lowest BCUT2D eigenvalue weighted by molar-refractivity contribution is -0.0839. The molecule has 4 nitrogen and oxygen atoms in total. The third-order valence-electron chi connectivity index (χ3n) is 4.98. The predicted octanol–water partition coefficient (Wildman–Crippen LogP) is 4.19. The predicted molar refractivity (Wildman–Crippen MR) is 97.2 cm³/mol. The van der Waals surface area contributed by atoms with E-state index in [9.17, 15) is 9.18 Å². The highest BCUT2D eigenvalue weighted by atomic mass is 19.1. The third kappa shape index (κ3) is 3.87. The minimum absolute atomic E-state index is 0.0472. The molecule has 1 aliphatic rings. The standard InChI is InChI=1S/C20H27FN2O2/c1-12-8-14(21)9-16-15(12)10-17(23-16)19(24)22-11-13-6-5-7-25-18(13)20(2,3)4/h8-10,13,18,23H,5-7,11H2,1-4H3,(H,22,24)/t13-,18+/m0/s1. The lowest BCUT2D eigenvalue weighted by Crippen LogP contribution is -2.45. The smallest absolute Gasteiger partial charge is 0.267 e. The second-order valence-electron chi connectivity index (χ2n) is 8.14. The second kappa shape index (κ2) is 6.79. The molecule has 0 bridgehead atoms. The molecule has 2 N–H and O–H groups in total. The number of amides is 1. The summed E-state index contributed by atoms with van der Waals surface area (Å²) in [6.07, 6.45) is 2.22. The van der Waals surface area contributed by atoms with Crippen molar-refractivity contribution in [1.29, 1.82) is 0 Å². The number of carbonyl (C=O) groups is 1. The summed E-state index contributed by atoms with van der Waals surface area (Å²) in [6, 6.07) is 4.69. The number of aromatic nitrogens is 1. The molecular weight excluding hydrogens is 319 g/mol. The number of aromatic amines is 1. The van der Waals surface area contributed by atoms with Crippen LogP contribution in [0.2, 0.25) is 0 Å². The van der Waals surface area contributed by atoms with Crippen LogP contribution in [0.4, 0.5) is 4.39 Å². The van der Waals surface area contributed by atoms with E-state index in [4.69, 9.17) is 4.74 Å². The Labute approximate surface area is 148 Å². The van der Waals surface area contributed by atoms with Gasteiger partial charge in [0.25, 0.3) is 5.91 Å². The van der Waals surface area contributed by atoms with Crippen LogP contribution in [0.5, 0.6) is 0 Å². The first-order valence-electron chi connectivity index (χ1n) is 8.94. The van der Waals surface area contributed by atoms with E-state index in [1.54, 1.807) is 6.07 Å². The van der Waals surface area contributed by atoms with E-state index in [-0.39, 0.29) is 23.2 Å². The number of carbonyl (C=O) groups excluding carboxylic acids is 1. The minimum atomic E-state index is -0.300. The number of ether oxygens (including phenoxy) is 1. The molecule has 3 rings (SSSR count). The van der Waals surface area contributed by atoms with Crippen molar-refractivity contribution in [3.05, 3.63) is 35.3 Å². The van der Waals surface area contributed by atoms with Crippen molar-refractivity contribution in [2.45, 2.75) is 46.6 Å². The molecule has 1 amide bonds. The number of aryl methyl sites for hydroxylation is 1. The number of rotatable bonds is 3. The van der Waals surface area contributed by atoms with E-state index in [1.165, 1.54) is 12.1 Å². The lowest BCUT2D eigenvalue weighted by atomic mass is 9.78. The van der Waals surface area contributed by atoms with E-state index in [0.717, 1.165) is 30.4 Å². The van der Waals surface area contributed by atoms with E-state index in [1.807, 2.05) is 6.92 Å². The van der Waals surface area contributed by atoms with Crippen LogP contribution in [0.1, 0.15) is 49.7 Å². The highest BCUT2D eigenvalue weighted by molar-refractivity contribution is 5.98. The summed E-state index contributed by atoms with van der Waals surface area (Å²) in [5.41, 5.74) is 1.98. The van der Waals surface area contributed by atoms with Gasteiger partial charge in [-0.1, -0.05) is 20.8 Å². The van der Waals surface area contributed by atoms with Crippen LogP contribution in [0.25, 0.3) is 10.9 Å². The van der Waals surface area contributed by atoms with Gasteiger partial charge >= 0.3 is 0 Å². The molecule has 1 aromatic carbocycles. The van der Waals surface area contributed by atoms with Gasteiger partial charge in [0, 0.05) is 30.0 Å². The fourth-order valence-corrected chi connectivity index (χ4v) is 3.83. The molecule has 25 heavy (non-hydrogen) atoms. The lowest BCUT2D eigenvalue weighted by Gasteiger charge is -2.40. The van der Waals surface area contributed by atoms with Crippen LogP contribution < -0.4 is 5.32 Å². The minimum Gasteiger partial charge on any atom is -0.377 e. The van der Waals surface area contributed by atoms with E-state index < -0.39 is 0 Å². The second-order valence-corrected chi connectivity index (χ2v) is 8.14. The molecule has 0 aliphatic carbocycles. The van der Waals surface area contributed by atoms with Crippen LogP contribution in [0.3, 0.4) is 0 Å². The Bertz CT molecular complexity index is 776. The molecule has 0 unspecified atom stereocenters. The molecule has 1 aromatic heterocycles. The summed E-state index contributed by atoms with van der Waals surface area (Å²) < 4.78 is 19.5. The van der Waals surface area contributed by atoms with Gasteiger partial charge in [-0.3, -0.25) is 4.79 Å². The van der Waals surface area contributed by atoms with Gasteiger partial charge in [-0.2, -0.15) is 0 Å². The number of benzene rings is 1. The number of hydrogen-bond acceptors (Lipinski definition) is 2. The van der Waals surface area contributed by atoms with Gasteiger partial charge in [-0.25, -0.2) is 4.39 Å². The average Bonchev–Trinajstić information content (AvgIpc) is 2.96. The maximum Gasteiger partial charge on any atom is 0.267 e. The highest BCUT2D eigenvalue weighted by Gasteiger charge is 2.35. The summed E-state index contributed by atoms with van der Waals surface area (Å²) >= 11 is 0. The van der Waals surface area contributed by atoms with Gasteiger partial charge < -0.3 is 15.0 Å². The van der Waals surface area contributed by atoms with Crippen molar-refractivity contribution in [1.82, 2.24) is 10.3 Å². The van der Waals surface area contributed by atoms with E-state index in [0.29, 0.717) is 23.7 Å². The third-order valence-corrected chi connectivity index (χ3v) is 4.98. The summed E-state index contributed by atoms with van der Waals surface area (Å²) in [5, 5.41) is 3.90. The van der Waals surface area contributed by atoms with Crippen LogP contribution >= 0.6 is 0 Å². The van der Waals surface area contributed by atoms with Crippen molar-refractivity contribution in [2.24, 2.45) is 11.3 Å². The Balaban J connectivity index is 1.71. The van der Waals surface area contributed by atoms with Crippen molar-refractivity contribution in [3.8, 4) is 0 Å². The first-order valence-corrected chi connectivity index (χ1v) is 8.94. The van der Waals surface area contributed by atoms with Crippen LogP contribution in [0, 0.1) is 24.1 Å². The molecule has 2 heterocycles. The summed E-state index contributed by atoms with van der Waals surface area (Å²) in [7, 11) is 0. The molecule has 1 saturated heterocycles. The topological polar surface area (TPSA) is 54.1 Å². The fourth-order valence-electron chi connectivity index (χ4n) is 3.83. The number of hydrogen-bond donors (Lipinski definition) is 2. The molecule has 0 radical (unpaired) electrons. The van der Waals surface area contributed by atoms with Crippen molar-refractivity contribution in [3.63, 3.8) is 0 Å². The quantitative estimate of drug-likeness (QED) is 0.876. The molecule has 0 spiro atoms. The van der Waals surface area contributed by atoms with Gasteiger partial charge in [-0.05, 0) is 48.9 Å².